The Labute approximate surface area is 125 Å². The number of nitrogens with zero attached hydrogens (tertiary/aromatic N) is 2. The van der Waals surface area contributed by atoms with Crippen LogP contribution >= 0.6 is 15.9 Å². The Bertz CT molecular complexity index is 610. The third kappa shape index (κ3) is 3.19. The maximum atomic E-state index is 10.8. The van der Waals surface area contributed by atoms with Gasteiger partial charge in [-0.2, -0.15) is 5.10 Å². The summed E-state index contributed by atoms with van der Waals surface area (Å²) < 4.78 is 13.5. The lowest BCUT2D eigenvalue weighted by Gasteiger charge is -2.13. The van der Waals surface area contributed by atoms with Crippen LogP contribution in [0.1, 0.15) is 16.1 Å². The fraction of sp³-hybridized carbons (Fsp3) is 0.286. The van der Waals surface area contributed by atoms with E-state index < -0.39 is 0 Å². The van der Waals surface area contributed by atoms with E-state index in [1.54, 1.807) is 25.4 Å². The molecule has 106 valence electrons. The highest BCUT2D eigenvalue weighted by Crippen LogP contribution is 2.36. The number of benzene rings is 1. The minimum atomic E-state index is 0.495. The second-order valence-corrected chi connectivity index (χ2v) is 5.05. The summed E-state index contributed by atoms with van der Waals surface area (Å²) in [6.45, 7) is 0.495. The number of halogens is 1. The van der Waals surface area contributed by atoms with Gasteiger partial charge in [0.25, 0.3) is 0 Å². The van der Waals surface area contributed by atoms with Crippen LogP contribution in [-0.2, 0) is 13.5 Å². The average molecular weight is 339 g/mol. The number of methoxy groups -OCH3 is 1. The number of aryl methyl sites for hydroxylation is 1. The molecule has 0 amide bonds. The van der Waals surface area contributed by atoms with Crippen LogP contribution in [-0.4, -0.2) is 29.8 Å². The van der Waals surface area contributed by atoms with E-state index in [9.17, 15) is 4.79 Å². The first-order valence-corrected chi connectivity index (χ1v) is 6.87. The van der Waals surface area contributed by atoms with Crippen molar-refractivity contribution in [3.05, 3.63) is 40.1 Å². The molecule has 5 nitrogen and oxygen atoms in total. The topological polar surface area (TPSA) is 53.4 Å². The summed E-state index contributed by atoms with van der Waals surface area (Å²) in [6.07, 6.45) is 3.26. The molecular weight excluding hydrogens is 324 g/mol. The largest absolute Gasteiger partial charge is 0.493 e. The van der Waals surface area contributed by atoms with Gasteiger partial charge in [-0.1, -0.05) is 0 Å². The van der Waals surface area contributed by atoms with Gasteiger partial charge in [-0.05, 0) is 34.1 Å². The van der Waals surface area contributed by atoms with Crippen LogP contribution in [0.5, 0.6) is 11.5 Å². The van der Waals surface area contributed by atoms with E-state index in [4.69, 9.17) is 9.47 Å². The molecule has 0 N–H and O–H groups in total. The number of hydrogen-bond donors (Lipinski definition) is 0. The molecule has 0 saturated carbocycles. The van der Waals surface area contributed by atoms with Crippen molar-refractivity contribution in [2.75, 3.05) is 13.7 Å². The van der Waals surface area contributed by atoms with Crippen LogP contribution < -0.4 is 9.47 Å². The van der Waals surface area contributed by atoms with Crippen molar-refractivity contribution in [2.45, 2.75) is 6.42 Å². The van der Waals surface area contributed by atoms with Crippen molar-refractivity contribution in [1.82, 2.24) is 9.78 Å². The van der Waals surface area contributed by atoms with Gasteiger partial charge in [-0.25, -0.2) is 0 Å². The number of aldehydes is 1. The highest BCUT2D eigenvalue weighted by atomic mass is 79.9. The summed E-state index contributed by atoms with van der Waals surface area (Å²) in [4.78, 5) is 10.8. The molecule has 0 aliphatic rings. The lowest BCUT2D eigenvalue weighted by molar-refractivity contribution is 0.112. The van der Waals surface area contributed by atoms with Crippen molar-refractivity contribution >= 4 is 22.2 Å². The Morgan fingerprint density at radius 2 is 2.25 bits per heavy atom. The van der Waals surface area contributed by atoms with Gasteiger partial charge in [0.1, 0.15) is 6.29 Å². The second kappa shape index (κ2) is 6.56. The van der Waals surface area contributed by atoms with Crippen molar-refractivity contribution in [3.8, 4) is 11.5 Å². The molecule has 6 heteroatoms. The molecule has 2 rings (SSSR count). The second-order valence-electron chi connectivity index (χ2n) is 4.20. The lowest BCUT2D eigenvalue weighted by Crippen LogP contribution is -2.07. The standard InChI is InChI=1S/C14H15BrN2O3/c1-17-11(3-5-16-17)4-6-20-14-12(15)7-10(9-18)8-13(14)19-2/h3,5,7-9H,4,6H2,1-2H3. The molecule has 1 heterocycles. The van der Waals surface area contributed by atoms with E-state index in [1.807, 2.05) is 17.8 Å². The monoisotopic (exact) mass is 338 g/mol. The quantitative estimate of drug-likeness (QED) is 0.760. The molecule has 0 saturated heterocycles. The van der Waals surface area contributed by atoms with Gasteiger partial charge in [0, 0.05) is 30.9 Å². The molecule has 0 fully saturated rings. The van der Waals surface area contributed by atoms with Crippen LogP contribution in [0.2, 0.25) is 0 Å². The third-order valence-electron chi connectivity index (χ3n) is 2.91. The van der Waals surface area contributed by atoms with Crippen molar-refractivity contribution in [1.29, 1.82) is 0 Å². The van der Waals surface area contributed by atoms with E-state index in [0.29, 0.717) is 28.1 Å². The summed E-state index contributed by atoms with van der Waals surface area (Å²) >= 11 is 3.39. The summed E-state index contributed by atoms with van der Waals surface area (Å²) in [5.74, 6) is 1.13. The number of rotatable bonds is 6. The number of hydrogen-bond acceptors (Lipinski definition) is 4. The maximum Gasteiger partial charge on any atom is 0.175 e. The first-order chi connectivity index (χ1) is 9.65. The molecule has 0 bridgehead atoms. The van der Waals surface area contributed by atoms with Gasteiger partial charge >= 0.3 is 0 Å². The molecule has 2 aromatic rings. The zero-order valence-electron chi connectivity index (χ0n) is 11.3. The highest BCUT2D eigenvalue weighted by molar-refractivity contribution is 9.10. The van der Waals surface area contributed by atoms with E-state index in [2.05, 4.69) is 21.0 Å². The van der Waals surface area contributed by atoms with Gasteiger partial charge in [0.05, 0.1) is 18.2 Å². The van der Waals surface area contributed by atoms with Crippen molar-refractivity contribution < 1.29 is 14.3 Å². The van der Waals surface area contributed by atoms with E-state index >= 15 is 0 Å². The number of aromatic nitrogens is 2. The van der Waals surface area contributed by atoms with Gasteiger partial charge in [0.15, 0.2) is 11.5 Å². The molecule has 20 heavy (non-hydrogen) atoms. The smallest absolute Gasteiger partial charge is 0.175 e. The van der Waals surface area contributed by atoms with Gasteiger partial charge in [-0.15, -0.1) is 0 Å². The summed E-state index contributed by atoms with van der Waals surface area (Å²) in [5.41, 5.74) is 1.62. The lowest BCUT2D eigenvalue weighted by atomic mass is 10.2. The SMILES string of the molecule is COc1cc(C=O)cc(Br)c1OCCc1ccnn1C. The zero-order valence-corrected chi connectivity index (χ0v) is 12.9. The summed E-state index contributed by atoms with van der Waals surface area (Å²) in [6, 6.07) is 5.30. The molecule has 0 unspecified atom stereocenters. The third-order valence-corrected chi connectivity index (χ3v) is 3.50. The predicted molar refractivity (Wildman–Crippen MR) is 78.5 cm³/mol. The van der Waals surface area contributed by atoms with Crippen LogP contribution in [0, 0.1) is 0 Å². The van der Waals surface area contributed by atoms with Crippen LogP contribution in [0.4, 0.5) is 0 Å². The van der Waals surface area contributed by atoms with Gasteiger partial charge in [-0.3, -0.25) is 9.48 Å². The van der Waals surface area contributed by atoms with Crippen LogP contribution in [0.15, 0.2) is 28.9 Å². The van der Waals surface area contributed by atoms with Crippen molar-refractivity contribution in [3.63, 3.8) is 0 Å². The fourth-order valence-electron chi connectivity index (χ4n) is 1.85. The summed E-state index contributed by atoms with van der Waals surface area (Å²) in [5, 5.41) is 4.10. The van der Waals surface area contributed by atoms with E-state index in [0.717, 1.165) is 18.4 Å². The minimum Gasteiger partial charge on any atom is -0.493 e. The van der Waals surface area contributed by atoms with E-state index in [-0.39, 0.29) is 0 Å². The molecule has 0 aliphatic heterocycles. The van der Waals surface area contributed by atoms with Crippen LogP contribution in [0.25, 0.3) is 0 Å². The first kappa shape index (κ1) is 14.6. The number of carbonyl (C=O) groups excluding carboxylic acids is 1. The Morgan fingerprint density at radius 1 is 1.45 bits per heavy atom. The molecular formula is C14H15BrN2O3. The molecule has 1 aromatic carbocycles. The minimum absolute atomic E-state index is 0.495. The number of carbonyl (C=O) groups is 1. The van der Waals surface area contributed by atoms with E-state index in [1.165, 1.54) is 0 Å². The van der Waals surface area contributed by atoms with Crippen molar-refractivity contribution in [2.24, 2.45) is 7.05 Å². The molecule has 0 spiro atoms. The van der Waals surface area contributed by atoms with Crippen LogP contribution in [0.3, 0.4) is 0 Å². The molecule has 0 radical (unpaired) electrons. The first-order valence-electron chi connectivity index (χ1n) is 6.08. The number of ether oxygens (including phenoxy) is 2. The average Bonchev–Trinajstić information content (AvgIpc) is 2.85. The predicted octanol–water partition coefficient (Wildman–Crippen LogP) is 2.63. The molecule has 0 aliphatic carbocycles. The zero-order chi connectivity index (χ0) is 14.5. The van der Waals surface area contributed by atoms with Gasteiger partial charge in [0.2, 0.25) is 0 Å². The Balaban J connectivity index is 2.09. The Hall–Kier alpha value is -1.82. The molecule has 1 aromatic heterocycles. The maximum absolute atomic E-state index is 10.8. The Morgan fingerprint density at radius 3 is 2.85 bits per heavy atom. The molecule has 0 atom stereocenters. The summed E-state index contributed by atoms with van der Waals surface area (Å²) in [7, 11) is 3.44. The van der Waals surface area contributed by atoms with Gasteiger partial charge < -0.3 is 9.47 Å². The fourth-order valence-corrected chi connectivity index (χ4v) is 2.43. The Kier molecular flexibility index (Phi) is 4.79. The normalized spacial score (nSPS) is 10.3. The highest BCUT2D eigenvalue weighted by Gasteiger charge is 2.11.